The molecule has 3 heterocycles. The Hall–Kier alpha value is -0.940. The zero-order valence-corrected chi connectivity index (χ0v) is 10.0. The lowest BCUT2D eigenvalue weighted by Crippen LogP contribution is -2.26. The predicted octanol–water partition coefficient (Wildman–Crippen LogP) is 1.22. The van der Waals surface area contributed by atoms with Gasteiger partial charge in [-0.05, 0) is 32.1 Å². The van der Waals surface area contributed by atoms with Crippen molar-refractivity contribution in [3.63, 3.8) is 0 Å². The van der Waals surface area contributed by atoms with Crippen LogP contribution in [-0.4, -0.2) is 32.6 Å². The summed E-state index contributed by atoms with van der Waals surface area (Å²) in [6, 6.07) is 0. The van der Waals surface area contributed by atoms with Gasteiger partial charge in [-0.1, -0.05) is 0 Å². The highest BCUT2D eigenvalue weighted by molar-refractivity contribution is 5.02. The zero-order chi connectivity index (χ0) is 11.7. The molecule has 17 heavy (non-hydrogen) atoms. The number of nitrogens with zero attached hydrogens (tertiary/aromatic N) is 3. The fourth-order valence-electron chi connectivity index (χ4n) is 2.76. The fraction of sp³-hybridized carbons (Fsp3) is 0.833. The molecule has 94 valence electrons. The minimum Gasteiger partial charge on any atom is -0.378 e. The summed E-state index contributed by atoms with van der Waals surface area (Å²) in [5, 5.41) is 18.4. The Morgan fingerprint density at radius 1 is 1.24 bits per heavy atom. The molecule has 5 nitrogen and oxygen atoms in total. The van der Waals surface area contributed by atoms with Crippen LogP contribution in [0.5, 0.6) is 0 Å². The average Bonchev–Trinajstić information content (AvgIpc) is 2.75. The van der Waals surface area contributed by atoms with Crippen molar-refractivity contribution in [2.45, 2.75) is 57.3 Å². The van der Waals surface area contributed by atoms with Crippen molar-refractivity contribution in [2.75, 3.05) is 6.61 Å². The number of hydrogen-bond donors (Lipinski definition) is 1. The van der Waals surface area contributed by atoms with Crippen LogP contribution in [0.15, 0.2) is 0 Å². The van der Waals surface area contributed by atoms with Gasteiger partial charge in [0.2, 0.25) is 0 Å². The molecule has 2 aliphatic heterocycles. The lowest BCUT2D eigenvalue weighted by molar-refractivity contribution is 0.0120. The monoisotopic (exact) mass is 237 g/mol. The highest BCUT2D eigenvalue weighted by Gasteiger charge is 2.25. The molecule has 2 aliphatic rings. The van der Waals surface area contributed by atoms with E-state index in [1.54, 1.807) is 0 Å². The minimum absolute atomic E-state index is 0.256. The van der Waals surface area contributed by atoms with Crippen molar-refractivity contribution in [1.82, 2.24) is 14.8 Å². The van der Waals surface area contributed by atoms with Crippen LogP contribution in [0.3, 0.4) is 0 Å². The molecule has 1 N–H and O–H groups in total. The SMILES string of the molecule is OC1CCCc2nnc(CC3CCCCO3)n21. The van der Waals surface area contributed by atoms with Crippen LogP contribution in [0.2, 0.25) is 0 Å². The van der Waals surface area contributed by atoms with Gasteiger partial charge in [-0.3, -0.25) is 4.57 Å². The van der Waals surface area contributed by atoms with Gasteiger partial charge in [0.1, 0.15) is 17.9 Å². The Morgan fingerprint density at radius 2 is 2.18 bits per heavy atom. The first-order chi connectivity index (χ1) is 8.34. The van der Waals surface area contributed by atoms with E-state index in [0.29, 0.717) is 0 Å². The van der Waals surface area contributed by atoms with Crippen molar-refractivity contribution in [3.05, 3.63) is 11.6 Å². The number of rotatable bonds is 2. The summed E-state index contributed by atoms with van der Waals surface area (Å²) in [7, 11) is 0. The van der Waals surface area contributed by atoms with Crippen LogP contribution in [0.1, 0.15) is 50.0 Å². The van der Waals surface area contributed by atoms with Gasteiger partial charge in [0.25, 0.3) is 0 Å². The molecule has 5 heteroatoms. The molecule has 1 fully saturated rings. The van der Waals surface area contributed by atoms with Crippen LogP contribution in [0.4, 0.5) is 0 Å². The summed E-state index contributed by atoms with van der Waals surface area (Å²) >= 11 is 0. The molecule has 0 radical (unpaired) electrons. The van der Waals surface area contributed by atoms with Crippen molar-refractivity contribution >= 4 is 0 Å². The van der Waals surface area contributed by atoms with Crippen molar-refractivity contribution < 1.29 is 9.84 Å². The minimum atomic E-state index is -0.438. The Labute approximate surface area is 101 Å². The number of aryl methyl sites for hydroxylation is 1. The van der Waals surface area contributed by atoms with E-state index in [9.17, 15) is 5.11 Å². The van der Waals surface area contributed by atoms with E-state index in [-0.39, 0.29) is 6.10 Å². The van der Waals surface area contributed by atoms with Crippen LogP contribution in [0.25, 0.3) is 0 Å². The molecule has 2 unspecified atom stereocenters. The summed E-state index contributed by atoms with van der Waals surface area (Å²) in [5.74, 6) is 1.81. The Kier molecular flexibility index (Phi) is 3.11. The average molecular weight is 237 g/mol. The summed E-state index contributed by atoms with van der Waals surface area (Å²) in [4.78, 5) is 0. The summed E-state index contributed by atoms with van der Waals surface area (Å²) in [6.07, 6.45) is 6.82. The summed E-state index contributed by atoms with van der Waals surface area (Å²) in [5.41, 5.74) is 0. The lowest BCUT2D eigenvalue weighted by atomic mass is 10.1. The molecule has 2 atom stereocenters. The summed E-state index contributed by atoms with van der Waals surface area (Å²) < 4.78 is 7.62. The van der Waals surface area contributed by atoms with Crippen molar-refractivity contribution in [2.24, 2.45) is 0 Å². The maximum absolute atomic E-state index is 10.0. The lowest BCUT2D eigenvalue weighted by Gasteiger charge is -2.25. The normalized spacial score (nSPS) is 29.0. The molecule has 1 aromatic heterocycles. The second-order valence-electron chi connectivity index (χ2n) is 4.97. The highest BCUT2D eigenvalue weighted by atomic mass is 16.5. The highest BCUT2D eigenvalue weighted by Crippen LogP contribution is 2.25. The summed E-state index contributed by atoms with van der Waals surface area (Å²) in [6.45, 7) is 0.855. The Morgan fingerprint density at radius 3 is 3.00 bits per heavy atom. The number of aliphatic hydroxyl groups excluding tert-OH is 1. The topological polar surface area (TPSA) is 60.2 Å². The van der Waals surface area contributed by atoms with Crippen molar-refractivity contribution in [1.29, 1.82) is 0 Å². The van der Waals surface area contributed by atoms with Gasteiger partial charge in [0.05, 0.1) is 6.10 Å². The molecule has 0 spiro atoms. The Balaban J connectivity index is 1.76. The van der Waals surface area contributed by atoms with E-state index in [0.717, 1.165) is 56.8 Å². The van der Waals surface area contributed by atoms with E-state index in [4.69, 9.17) is 4.74 Å². The first-order valence-electron chi connectivity index (χ1n) is 6.57. The molecule has 0 aromatic carbocycles. The van der Waals surface area contributed by atoms with Gasteiger partial charge < -0.3 is 9.84 Å². The number of fused-ring (bicyclic) bond motifs is 1. The predicted molar refractivity (Wildman–Crippen MR) is 61.5 cm³/mol. The molecule has 0 saturated carbocycles. The molecule has 0 aliphatic carbocycles. The van der Waals surface area contributed by atoms with Crippen LogP contribution in [-0.2, 0) is 17.6 Å². The van der Waals surface area contributed by atoms with Crippen molar-refractivity contribution in [3.8, 4) is 0 Å². The van der Waals surface area contributed by atoms with Gasteiger partial charge in [-0.2, -0.15) is 0 Å². The Bertz CT molecular complexity index is 385. The van der Waals surface area contributed by atoms with E-state index < -0.39 is 6.23 Å². The van der Waals surface area contributed by atoms with Gasteiger partial charge in [0.15, 0.2) is 0 Å². The van der Waals surface area contributed by atoms with E-state index in [1.807, 2.05) is 4.57 Å². The molecule has 0 amide bonds. The fourth-order valence-corrected chi connectivity index (χ4v) is 2.76. The van der Waals surface area contributed by atoms with Crippen LogP contribution in [0, 0.1) is 0 Å². The van der Waals surface area contributed by atoms with Crippen LogP contribution < -0.4 is 0 Å². The smallest absolute Gasteiger partial charge is 0.137 e. The largest absolute Gasteiger partial charge is 0.378 e. The van der Waals surface area contributed by atoms with Gasteiger partial charge in [-0.15, -0.1) is 10.2 Å². The standard InChI is InChI=1S/C12H19N3O2/c16-12-6-3-5-10-13-14-11(15(10)12)8-9-4-1-2-7-17-9/h9,12,16H,1-8H2. The number of ether oxygens (including phenoxy) is 1. The van der Waals surface area contributed by atoms with Gasteiger partial charge in [0, 0.05) is 19.4 Å². The number of aromatic nitrogens is 3. The number of aliphatic hydroxyl groups is 1. The van der Waals surface area contributed by atoms with Crippen LogP contribution >= 0.6 is 0 Å². The number of hydrogen-bond acceptors (Lipinski definition) is 4. The second kappa shape index (κ2) is 4.74. The second-order valence-corrected chi connectivity index (χ2v) is 4.97. The molecular weight excluding hydrogens is 218 g/mol. The third-order valence-electron chi connectivity index (χ3n) is 3.68. The van der Waals surface area contributed by atoms with E-state index >= 15 is 0 Å². The quantitative estimate of drug-likeness (QED) is 0.840. The first-order valence-corrected chi connectivity index (χ1v) is 6.57. The third-order valence-corrected chi connectivity index (χ3v) is 3.68. The molecule has 0 bridgehead atoms. The maximum atomic E-state index is 10.0. The zero-order valence-electron chi connectivity index (χ0n) is 10.0. The first kappa shape index (κ1) is 11.2. The molecule has 1 saturated heterocycles. The van der Waals surface area contributed by atoms with Gasteiger partial charge in [-0.25, -0.2) is 0 Å². The van der Waals surface area contributed by atoms with E-state index in [1.165, 1.54) is 6.42 Å². The molecular formula is C12H19N3O2. The molecule has 3 rings (SSSR count). The molecule has 1 aromatic rings. The van der Waals surface area contributed by atoms with E-state index in [2.05, 4.69) is 10.2 Å². The van der Waals surface area contributed by atoms with Gasteiger partial charge >= 0.3 is 0 Å². The maximum Gasteiger partial charge on any atom is 0.137 e. The third kappa shape index (κ3) is 2.21.